The Hall–Kier alpha value is -3.27. The second-order valence-electron chi connectivity index (χ2n) is 7.05. The predicted octanol–water partition coefficient (Wildman–Crippen LogP) is 6.52. The van der Waals surface area contributed by atoms with Gasteiger partial charge in [-0.1, -0.05) is 30.7 Å². The van der Waals surface area contributed by atoms with Crippen LogP contribution in [0.3, 0.4) is 0 Å². The number of carbonyl (C=O) groups excluding carboxylic acids is 1. The van der Waals surface area contributed by atoms with Gasteiger partial charge in [0.25, 0.3) is 0 Å². The molecule has 0 bridgehead atoms. The summed E-state index contributed by atoms with van der Waals surface area (Å²) in [6.07, 6.45) is 6.55. The van der Waals surface area contributed by atoms with E-state index in [9.17, 15) is 4.79 Å². The van der Waals surface area contributed by atoms with Crippen LogP contribution in [0.25, 0.3) is 26.0 Å². The van der Waals surface area contributed by atoms with Gasteiger partial charge < -0.3 is 4.98 Å². The standard InChI is InChI=1S/C24H19ClN4OS/c1-3-19(30)14-18-13-16(8-9-27-18)22-21(26-2)20(12-15-4-6-17(25)7-5-15)23(31-22)24-28-10-11-29-24/h4-11,13H,3,12,14H2,1H3,(H,28,29). The van der Waals surface area contributed by atoms with Crippen molar-refractivity contribution in [3.8, 4) is 21.1 Å². The zero-order valence-corrected chi connectivity index (χ0v) is 18.4. The molecule has 1 aromatic carbocycles. The number of pyridine rings is 1. The van der Waals surface area contributed by atoms with E-state index in [0.29, 0.717) is 35.7 Å². The molecule has 1 N–H and O–H groups in total. The van der Waals surface area contributed by atoms with Crippen molar-refractivity contribution >= 4 is 34.4 Å². The van der Waals surface area contributed by atoms with Crippen molar-refractivity contribution in [2.45, 2.75) is 26.2 Å². The summed E-state index contributed by atoms with van der Waals surface area (Å²) < 4.78 is 0. The molecule has 0 saturated carbocycles. The van der Waals surface area contributed by atoms with Crippen LogP contribution in [0.4, 0.5) is 5.69 Å². The normalized spacial score (nSPS) is 10.7. The maximum Gasteiger partial charge on any atom is 0.209 e. The fourth-order valence-electron chi connectivity index (χ4n) is 3.36. The van der Waals surface area contributed by atoms with E-state index in [1.54, 1.807) is 18.6 Å². The molecule has 0 amide bonds. The highest BCUT2D eigenvalue weighted by Gasteiger charge is 2.22. The third kappa shape index (κ3) is 4.58. The fraction of sp³-hybridized carbons (Fsp3) is 0.167. The molecule has 0 fully saturated rings. The van der Waals surface area contributed by atoms with Gasteiger partial charge in [0.05, 0.1) is 11.4 Å². The van der Waals surface area contributed by atoms with Crippen molar-refractivity contribution in [3.05, 3.63) is 88.2 Å². The monoisotopic (exact) mass is 446 g/mol. The van der Waals surface area contributed by atoms with E-state index in [4.69, 9.17) is 18.2 Å². The summed E-state index contributed by atoms with van der Waals surface area (Å²) in [4.78, 5) is 29.5. The number of ketones is 1. The van der Waals surface area contributed by atoms with E-state index in [1.165, 1.54) is 11.3 Å². The molecule has 4 aromatic rings. The van der Waals surface area contributed by atoms with Gasteiger partial charge >= 0.3 is 0 Å². The Morgan fingerprint density at radius 2 is 1.97 bits per heavy atom. The molecule has 4 rings (SSSR count). The molecule has 0 unspecified atom stereocenters. The lowest BCUT2D eigenvalue weighted by Gasteiger charge is -2.05. The maximum atomic E-state index is 11.9. The van der Waals surface area contributed by atoms with Crippen molar-refractivity contribution in [2.75, 3.05) is 0 Å². The van der Waals surface area contributed by atoms with Gasteiger partial charge in [-0.2, -0.15) is 0 Å². The smallest absolute Gasteiger partial charge is 0.209 e. The lowest BCUT2D eigenvalue weighted by atomic mass is 10.0. The molecular formula is C24H19ClN4OS. The summed E-state index contributed by atoms with van der Waals surface area (Å²) in [5, 5.41) is 0.678. The Balaban J connectivity index is 1.82. The molecule has 31 heavy (non-hydrogen) atoms. The Labute approximate surface area is 189 Å². The van der Waals surface area contributed by atoms with Gasteiger partial charge in [-0.25, -0.2) is 9.83 Å². The third-order valence-electron chi connectivity index (χ3n) is 4.95. The van der Waals surface area contributed by atoms with Crippen LogP contribution in [0, 0.1) is 6.57 Å². The van der Waals surface area contributed by atoms with E-state index >= 15 is 0 Å². The summed E-state index contributed by atoms with van der Waals surface area (Å²) in [5.74, 6) is 0.876. The molecule has 0 radical (unpaired) electrons. The number of carbonyl (C=O) groups is 1. The highest BCUT2D eigenvalue weighted by atomic mass is 35.5. The highest BCUT2D eigenvalue weighted by molar-refractivity contribution is 7.19. The van der Waals surface area contributed by atoms with Crippen LogP contribution in [-0.2, 0) is 17.6 Å². The first-order valence-electron chi connectivity index (χ1n) is 9.83. The number of thiophene rings is 1. The number of aromatic amines is 1. The summed E-state index contributed by atoms with van der Waals surface area (Å²) in [6, 6.07) is 11.5. The summed E-state index contributed by atoms with van der Waals surface area (Å²) in [5.41, 5.74) is 4.20. The number of nitrogens with zero attached hydrogens (tertiary/aromatic N) is 3. The SMILES string of the molecule is [C-]#[N+]c1c(-c2ccnc(CC(=O)CC)c2)sc(-c2ncc[nH]2)c1Cc1ccc(Cl)cc1. The van der Waals surface area contributed by atoms with Gasteiger partial charge in [0.2, 0.25) is 5.69 Å². The molecular weight excluding hydrogens is 428 g/mol. The Morgan fingerprint density at radius 3 is 2.65 bits per heavy atom. The van der Waals surface area contributed by atoms with Crippen molar-refractivity contribution in [1.29, 1.82) is 0 Å². The molecule has 3 heterocycles. The Bertz CT molecular complexity index is 1250. The number of halogens is 1. The third-order valence-corrected chi connectivity index (χ3v) is 6.48. The number of aromatic nitrogens is 3. The quantitative estimate of drug-likeness (QED) is 0.329. The summed E-state index contributed by atoms with van der Waals surface area (Å²) in [6.45, 7) is 9.77. The van der Waals surface area contributed by atoms with Crippen LogP contribution in [0.5, 0.6) is 0 Å². The Kier molecular flexibility index (Phi) is 6.26. The lowest BCUT2D eigenvalue weighted by Crippen LogP contribution is -2.02. The molecule has 5 nitrogen and oxygen atoms in total. The van der Waals surface area contributed by atoms with E-state index in [1.807, 2.05) is 43.3 Å². The summed E-state index contributed by atoms with van der Waals surface area (Å²) >= 11 is 7.57. The van der Waals surface area contributed by atoms with E-state index in [2.05, 4.69) is 19.8 Å². The Morgan fingerprint density at radius 1 is 1.16 bits per heavy atom. The van der Waals surface area contributed by atoms with Gasteiger partial charge in [-0.15, -0.1) is 11.3 Å². The minimum atomic E-state index is 0.140. The molecule has 0 spiro atoms. The molecule has 3 aromatic heterocycles. The first kappa shape index (κ1) is 21.0. The lowest BCUT2D eigenvalue weighted by molar-refractivity contribution is -0.118. The van der Waals surface area contributed by atoms with Crippen LogP contribution >= 0.6 is 22.9 Å². The van der Waals surface area contributed by atoms with Crippen LogP contribution < -0.4 is 0 Å². The number of benzene rings is 1. The van der Waals surface area contributed by atoms with E-state index in [0.717, 1.165) is 32.3 Å². The number of Topliss-reactive ketones (excluding diaryl/α,β-unsaturated/α-hetero) is 1. The van der Waals surface area contributed by atoms with E-state index < -0.39 is 0 Å². The topological polar surface area (TPSA) is 63.0 Å². The zero-order valence-electron chi connectivity index (χ0n) is 16.9. The van der Waals surface area contributed by atoms with Gasteiger partial charge in [-0.3, -0.25) is 9.78 Å². The van der Waals surface area contributed by atoms with Gasteiger partial charge in [0.1, 0.15) is 11.6 Å². The molecule has 0 saturated heterocycles. The second-order valence-corrected chi connectivity index (χ2v) is 8.50. The molecule has 0 aliphatic carbocycles. The molecule has 7 heteroatoms. The zero-order chi connectivity index (χ0) is 21.8. The second kappa shape index (κ2) is 9.25. The van der Waals surface area contributed by atoms with E-state index in [-0.39, 0.29) is 5.78 Å². The molecule has 0 aliphatic rings. The van der Waals surface area contributed by atoms with Crippen LogP contribution in [0.1, 0.15) is 30.2 Å². The van der Waals surface area contributed by atoms with Crippen LogP contribution in [0.15, 0.2) is 55.0 Å². The minimum absolute atomic E-state index is 0.140. The fourth-order valence-corrected chi connectivity index (χ4v) is 4.71. The van der Waals surface area contributed by atoms with Crippen molar-refractivity contribution < 1.29 is 4.79 Å². The predicted molar refractivity (Wildman–Crippen MR) is 125 cm³/mol. The first-order chi connectivity index (χ1) is 15.1. The van der Waals surface area contributed by atoms with Gasteiger partial charge in [0, 0.05) is 47.0 Å². The minimum Gasteiger partial charge on any atom is -0.344 e. The maximum absolute atomic E-state index is 11.9. The van der Waals surface area contributed by atoms with Crippen molar-refractivity contribution in [2.24, 2.45) is 0 Å². The van der Waals surface area contributed by atoms with Crippen LogP contribution in [0.2, 0.25) is 5.02 Å². The van der Waals surface area contributed by atoms with Gasteiger partial charge in [0.15, 0.2) is 0 Å². The summed E-state index contributed by atoms with van der Waals surface area (Å²) in [7, 11) is 0. The number of hydrogen-bond donors (Lipinski definition) is 1. The molecule has 0 atom stereocenters. The molecule has 154 valence electrons. The van der Waals surface area contributed by atoms with Crippen molar-refractivity contribution in [3.63, 3.8) is 0 Å². The van der Waals surface area contributed by atoms with Gasteiger partial charge in [-0.05, 0) is 47.4 Å². The average molecular weight is 447 g/mol. The number of nitrogens with one attached hydrogen (secondary N) is 1. The number of imidazole rings is 1. The average Bonchev–Trinajstić information content (AvgIpc) is 3.43. The largest absolute Gasteiger partial charge is 0.344 e. The van der Waals surface area contributed by atoms with Crippen LogP contribution in [-0.4, -0.2) is 20.7 Å². The number of H-pyrrole nitrogens is 1. The first-order valence-corrected chi connectivity index (χ1v) is 11.0. The van der Waals surface area contributed by atoms with Crippen molar-refractivity contribution in [1.82, 2.24) is 15.0 Å². The number of hydrogen-bond acceptors (Lipinski definition) is 4. The number of rotatable bonds is 7. The molecule has 0 aliphatic heterocycles. The highest BCUT2D eigenvalue weighted by Crippen LogP contribution is 2.47.